The van der Waals surface area contributed by atoms with Crippen LogP contribution in [0.4, 0.5) is 8.78 Å². The SMILES string of the molecule is Cc1cc(F)cc(-c2cnc3ccc(-c4cnccc4F)cc3c2C(=O)N(C)C[C@@H]2CCCN2)c1. The van der Waals surface area contributed by atoms with Crippen LogP contribution < -0.4 is 5.32 Å². The van der Waals surface area contributed by atoms with Crippen molar-refractivity contribution in [3.8, 4) is 22.3 Å². The lowest BCUT2D eigenvalue weighted by Gasteiger charge is -2.24. The Balaban J connectivity index is 1.70. The summed E-state index contributed by atoms with van der Waals surface area (Å²) >= 11 is 0. The molecule has 4 aromatic rings. The van der Waals surface area contributed by atoms with Crippen molar-refractivity contribution in [3.05, 3.63) is 83.8 Å². The molecular weight excluding hydrogens is 446 g/mol. The summed E-state index contributed by atoms with van der Waals surface area (Å²) in [5.41, 5.74) is 3.81. The standard InChI is InChI=1S/C28H26F2N4O/c1-17-10-19(12-20(29)11-17)24-15-33-26-6-5-18(23-14-31-9-7-25(23)30)13-22(26)27(24)28(35)34(2)16-21-4-3-8-32-21/h5-7,9-15,21,32H,3-4,8,16H2,1-2H3/t21-/m0/s1. The van der Waals surface area contributed by atoms with Gasteiger partial charge in [-0.05, 0) is 73.3 Å². The smallest absolute Gasteiger partial charge is 0.255 e. The Morgan fingerprint density at radius 1 is 1.09 bits per heavy atom. The molecule has 1 amide bonds. The molecule has 0 spiro atoms. The first-order chi connectivity index (χ1) is 16.9. The number of rotatable bonds is 5. The Kier molecular flexibility index (Phi) is 6.26. The summed E-state index contributed by atoms with van der Waals surface area (Å²) in [6, 6.07) is 11.5. The second-order valence-corrected chi connectivity index (χ2v) is 9.13. The number of aromatic nitrogens is 2. The van der Waals surface area contributed by atoms with Crippen molar-refractivity contribution in [2.45, 2.75) is 25.8 Å². The number of nitrogens with zero attached hydrogens (tertiary/aromatic N) is 3. The Bertz CT molecular complexity index is 1400. The predicted octanol–water partition coefficient (Wildman–Crippen LogP) is 5.37. The summed E-state index contributed by atoms with van der Waals surface area (Å²) in [7, 11) is 1.78. The van der Waals surface area contributed by atoms with E-state index in [2.05, 4.69) is 15.3 Å². The van der Waals surface area contributed by atoms with E-state index in [0.29, 0.717) is 45.3 Å². The number of amides is 1. The number of halogens is 2. The minimum atomic E-state index is -0.401. The molecule has 7 heteroatoms. The first kappa shape index (κ1) is 23.1. The van der Waals surface area contributed by atoms with Gasteiger partial charge in [-0.15, -0.1) is 0 Å². The quantitative estimate of drug-likeness (QED) is 0.424. The Hall–Kier alpha value is -3.71. The average Bonchev–Trinajstić information content (AvgIpc) is 3.35. The van der Waals surface area contributed by atoms with Crippen molar-refractivity contribution in [2.75, 3.05) is 20.1 Å². The van der Waals surface area contributed by atoms with Crippen LogP contribution in [-0.2, 0) is 0 Å². The first-order valence-electron chi connectivity index (χ1n) is 11.7. The number of benzene rings is 2. The van der Waals surface area contributed by atoms with Gasteiger partial charge in [0.2, 0.25) is 0 Å². The number of hydrogen-bond donors (Lipinski definition) is 1. The van der Waals surface area contributed by atoms with Gasteiger partial charge in [0.15, 0.2) is 0 Å². The van der Waals surface area contributed by atoms with Crippen LogP contribution in [-0.4, -0.2) is 47.0 Å². The van der Waals surface area contributed by atoms with E-state index in [1.807, 2.05) is 13.0 Å². The van der Waals surface area contributed by atoms with Crippen LogP contribution in [0.2, 0.25) is 0 Å². The van der Waals surface area contributed by atoms with Crippen molar-refractivity contribution in [3.63, 3.8) is 0 Å². The fourth-order valence-electron chi connectivity index (χ4n) is 4.81. The van der Waals surface area contributed by atoms with E-state index in [-0.39, 0.29) is 17.8 Å². The van der Waals surface area contributed by atoms with Gasteiger partial charge in [-0.2, -0.15) is 0 Å². The van der Waals surface area contributed by atoms with Gasteiger partial charge in [-0.3, -0.25) is 14.8 Å². The maximum atomic E-state index is 14.5. The molecule has 0 unspecified atom stereocenters. The minimum Gasteiger partial charge on any atom is -0.340 e. The summed E-state index contributed by atoms with van der Waals surface area (Å²) in [4.78, 5) is 24.2. The number of nitrogens with one attached hydrogen (secondary N) is 1. The lowest BCUT2D eigenvalue weighted by Crippen LogP contribution is -2.38. The van der Waals surface area contributed by atoms with Crippen LogP contribution in [0.1, 0.15) is 28.8 Å². The summed E-state index contributed by atoms with van der Waals surface area (Å²) in [6.07, 6.45) is 6.57. The van der Waals surface area contributed by atoms with E-state index in [4.69, 9.17) is 0 Å². The lowest BCUT2D eigenvalue weighted by molar-refractivity contribution is 0.0786. The summed E-state index contributed by atoms with van der Waals surface area (Å²) < 4.78 is 28.9. The van der Waals surface area contributed by atoms with Crippen molar-refractivity contribution >= 4 is 16.8 Å². The molecule has 0 aliphatic carbocycles. The van der Waals surface area contributed by atoms with Crippen LogP contribution in [0, 0.1) is 18.6 Å². The van der Waals surface area contributed by atoms with Gasteiger partial charge in [-0.25, -0.2) is 8.78 Å². The molecule has 1 atom stereocenters. The molecule has 178 valence electrons. The molecule has 1 aliphatic heterocycles. The van der Waals surface area contributed by atoms with Crippen LogP contribution >= 0.6 is 0 Å². The van der Waals surface area contributed by atoms with Gasteiger partial charge < -0.3 is 10.2 Å². The fourth-order valence-corrected chi connectivity index (χ4v) is 4.81. The topological polar surface area (TPSA) is 58.1 Å². The van der Waals surface area contributed by atoms with E-state index in [1.165, 1.54) is 30.6 Å². The molecule has 2 aromatic carbocycles. The van der Waals surface area contributed by atoms with Gasteiger partial charge in [0.1, 0.15) is 11.6 Å². The third-order valence-electron chi connectivity index (χ3n) is 6.52. The van der Waals surface area contributed by atoms with Crippen molar-refractivity contribution in [2.24, 2.45) is 0 Å². The maximum Gasteiger partial charge on any atom is 0.255 e. The highest BCUT2D eigenvalue weighted by molar-refractivity contribution is 6.12. The van der Waals surface area contributed by atoms with Gasteiger partial charge in [0.05, 0.1) is 11.1 Å². The number of likely N-dealkylation sites (N-methyl/N-ethyl adjacent to an activating group) is 1. The molecule has 3 heterocycles. The van der Waals surface area contributed by atoms with Gasteiger partial charge in [0, 0.05) is 54.7 Å². The van der Waals surface area contributed by atoms with E-state index in [9.17, 15) is 13.6 Å². The fraction of sp³-hybridized carbons (Fsp3) is 0.250. The second kappa shape index (κ2) is 9.50. The largest absolute Gasteiger partial charge is 0.340 e. The zero-order valence-corrected chi connectivity index (χ0v) is 19.7. The minimum absolute atomic E-state index is 0.188. The zero-order valence-electron chi connectivity index (χ0n) is 19.7. The first-order valence-corrected chi connectivity index (χ1v) is 11.7. The third kappa shape index (κ3) is 4.64. The molecule has 0 bridgehead atoms. The molecule has 0 saturated carbocycles. The number of pyridine rings is 2. The molecule has 2 aromatic heterocycles. The molecule has 1 aliphatic rings. The Labute approximate surface area is 202 Å². The highest BCUT2D eigenvalue weighted by Gasteiger charge is 2.25. The molecule has 5 nitrogen and oxygen atoms in total. The number of carbonyl (C=O) groups excluding carboxylic acids is 1. The molecule has 1 saturated heterocycles. The number of carbonyl (C=O) groups is 1. The van der Waals surface area contributed by atoms with Gasteiger partial charge in [-0.1, -0.05) is 12.1 Å². The van der Waals surface area contributed by atoms with Gasteiger partial charge >= 0.3 is 0 Å². The van der Waals surface area contributed by atoms with Crippen LogP contribution in [0.25, 0.3) is 33.2 Å². The van der Waals surface area contributed by atoms with E-state index in [0.717, 1.165) is 24.9 Å². The van der Waals surface area contributed by atoms with E-state index >= 15 is 0 Å². The second-order valence-electron chi connectivity index (χ2n) is 9.13. The van der Waals surface area contributed by atoms with E-state index < -0.39 is 5.82 Å². The van der Waals surface area contributed by atoms with Crippen LogP contribution in [0.3, 0.4) is 0 Å². The molecule has 1 N–H and O–H groups in total. The molecule has 1 fully saturated rings. The molecular formula is C28H26F2N4O. The summed E-state index contributed by atoms with van der Waals surface area (Å²) in [5, 5.41) is 4.01. The number of hydrogen-bond acceptors (Lipinski definition) is 4. The third-order valence-corrected chi connectivity index (χ3v) is 6.52. The molecule has 0 radical (unpaired) electrons. The Morgan fingerprint density at radius 2 is 1.94 bits per heavy atom. The molecule has 5 rings (SSSR count). The average molecular weight is 473 g/mol. The number of fused-ring (bicyclic) bond motifs is 1. The van der Waals surface area contributed by atoms with Crippen molar-refractivity contribution in [1.82, 2.24) is 20.2 Å². The highest BCUT2D eigenvalue weighted by Crippen LogP contribution is 2.34. The summed E-state index contributed by atoms with van der Waals surface area (Å²) in [5.74, 6) is -0.971. The normalized spacial score (nSPS) is 15.5. The van der Waals surface area contributed by atoms with Crippen LogP contribution in [0.5, 0.6) is 0 Å². The lowest BCUT2D eigenvalue weighted by atomic mass is 9.94. The molecule has 35 heavy (non-hydrogen) atoms. The number of aryl methyl sites for hydroxylation is 1. The predicted molar refractivity (Wildman–Crippen MR) is 133 cm³/mol. The maximum absolute atomic E-state index is 14.5. The summed E-state index contributed by atoms with van der Waals surface area (Å²) in [6.45, 7) is 3.31. The zero-order chi connectivity index (χ0) is 24.5. The van der Waals surface area contributed by atoms with Crippen LogP contribution in [0.15, 0.2) is 61.1 Å². The van der Waals surface area contributed by atoms with Crippen molar-refractivity contribution in [1.29, 1.82) is 0 Å². The Morgan fingerprint density at radius 3 is 2.69 bits per heavy atom. The van der Waals surface area contributed by atoms with Gasteiger partial charge in [0.25, 0.3) is 5.91 Å². The van der Waals surface area contributed by atoms with Crippen molar-refractivity contribution < 1.29 is 13.6 Å². The monoisotopic (exact) mass is 472 g/mol. The highest BCUT2D eigenvalue weighted by atomic mass is 19.1. The van der Waals surface area contributed by atoms with E-state index in [1.54, 1.807) is 36.3 Å².